The van der Waals surface area contributed by atoms with Gasteiger partial charge in [-0.1, -0.05) is 0 Å². The van der Waals surface area contributed by atoms with Crippen LogP contribution in [-0.4, -0.2) is 65.0 Å². The van der Waals surface area contributed by atoms with Gasteiger partial charge < -0.3 is 28.0 Å². The van der Waals surface area contributed by atoms with Gasteiger partial charge in [0.2, 0.25) is 0 Å². The maximum Gasteiger partial charge on any atom is 0.370 e. The molecule has 0 aliphatic rings. The van der Waals surface area contributed by atoms with E-state index in [-0.39, 0.29) is 33.0 Å². The molecule has 0 aliphatic heterocycles. The second-order valence-electron chi connectivity index (χ2n) is 4.49. The molecule has 0 amide bonds. The Morgan fingerprint density at radius 2 is 1.50 bits per heavy atom. The zero-order valence-electron chi connectivity index (χ0n) is 14.6. The van der Waals surface area contributed by atoms with Gasteiger partial charge in [-0.15, -0.1) is 0 Å². The van der Waals surface area contributed by atoms with Crippen LogP contribution < -0.4 is 0 Å². The maximum atomic E-state index is 12.5. The Labute approximate surface area is 142 Å². The fourth-order valence-corrected chi connectivity index (χ4v) is 3.34. The first kappa shape index (κ1) is 23.0. The predicted molar refractivity (Wildman–Crippen MR) is 84.7 cm³/mol. The van der Waals surface area contributed by atoms with E-state index in [1.165, 1.54) is 14.2 Å². The fraction of sp³-hybridized carbons (Fsp3) is 0.857. The van der Waals surface area contributed by atoms with Gasteiger partial charge in [-0.2, -0.15) is 0 Å². The fourth-order valence-electron chi connectivity index (χ4n) is 1.68. The van der Waals surface area contributed by atoms with Crippen molar-refractivity contribution in [3.8, 4) is 0 Å². The minimum atomic E-state index is -3.75. The second kappa shape index (κ2) is 13.3. The Morgan fingerprint density at radius 3 is 1.96 bits per heavy atom. The summed E-state index contributed by atoms with van der Waals surface area (Å²) in [7, 11) is -1.12. The molecule has 0 fully saturated rings. The molecule has 10 heteroatoms. The van der Waals surface area contributed by atoms with Gasteiger partial charge in [0.1, 0.15) is 6.61 Å². The maximum absolute atomic E-state index is 12.5. The van der Waals surface area contributed by atoms with Crippen molar-refractivity contribution in [3.05, 3.63) is 0 Å². The summed E-state index contributed by atoms with van der Waals surface area (Å²) in [5, 5.41) is 0. The summed E-state index contributed by atoms with van der Waals surface area (Å²) in [5.74, 6) is -2.71. The quantitative estimate of drug-likeness (QED) is 0.257. The minimum Gasteiger partial charge on any atom is -0.464 e. The van der Waals surface area contributed by atoms with E-state index in [9.17, 15) is 14.2 Å². The molecule has 0 saturated heterocycles. The van der Waals surface area contributed by atoms with Crippen molar-refractivity contribution < 1.29 is 42.1 Å². The SMILES string of the molecule is CCOP(=O)(OCC)C(OC)C(=O)OCCCCOC(=O)COC. The first-order valence-corrected chi connectivity index (χ1v) is 9.29. The van der Waals surface area contributed by atoms with Crippen molar-refractivity contribution in [1.82, 2.24) is 0 Å². The number of methoxy groups -OCH3 is 2. The highest BCUT2D eigenvalue weighted by atomic mass is 31.2. The van der Waals surface area contributed by atoms with Gasteiger partial charge in [0, 0.05) is 14.2 Å². The molecular weight excluding hydrogens is 343 g/mol. The summed E-state index contributed by atoms with van der Waals surface area (Å²) < 4.78 is 42.1. The molecule has 9 nitrogen and oxygen atoms in total. The van der Waals surface area contributed by atoms with E-state index in [4.69, 9.17) is 23.3 Å². The second-order valence-corrected chi connectivity index (χ2v) is 6.56. The molecular formula is C14H27O9P. The number of hydrogen-bond acceptors (Lipinski definition) is 9. The average Bonchev–Trinajstić information content (AvgIpc) is 2.52. The van der Waals surface area contributed by atoms with E-state index in [0.717, 1.165) is 0 Å². The third kappa shape index (κ3) is 8.75. The van der Waals surface area contributed by atoms with E-state index < -0.39 is 25.4 Å². The molecule has 0 spiro atoms. The van der Waals surface area contributed by atoms with Crippen LogP contribution in [0.1, 0.15) is 26.7 Å². The minimum absolute atomic E-state index is 0.0682. The molecule has 0 saturated carbocycles. The Kier molecular flexibility index (Phi) is 12.8. The number of rotatable bonds is 14. The number of carbonyl (C=O) groups excluding carboxylic acids is 2. The number of ether oxygens (including phenoxy) is 4. The molecule has 0 bridgehead atoms. The van der Waals surface area contributed by atoms with Gasteiger partial charge in [-0.25, -0.2) is 9.59 Å². The van der Waals surface area contributed by atoms with Crippen LogP contribution in [0.15, 0.2) is 0 Å². The normalized spacial score (nSPS) is 12.7. The molecule has 0 aliphatic carbocycles. The molecule has 0 aromatic carbocycles. The van der Waals surface area contributed by atoms with E-state index in [2.05, 4.69) is 4.74 Å². The zero-order valence-corrected chi connectivity index (χ0v) is 15.5. The van der Waals surface area contributed by atoms with Crippen molar-refractivity contribution in [2.75, 3.05) is 47.3 Å². The van der Waals surface area contributed by atoms with Crippen LogP contribution in [0.2, 0.25) is 0 Å². The lowest BCUT2D eigenvalue weighted by Crippen LogP contribution is -2.28. The van der Waals surface area contributed by atoms with Gasteiger partial charge >= 0.3 is 19.5 Å². The topological polar surface area (TPSA) is 107 Å². The Hall–Kier alpha value is -0.990. The van der Waals surface area contributed by atoms with Crippen LogP contribution in [-0.2, 0) is 42.1 Å². The monoisotopic (exact) mass is 370 g/mol. The highest BCUT2D eigenvalue weighted by molar-refractivity contribution is 7.55. The molecule has 0 aromatic rings. The molecule has 142 valence electrons. The Balaban J connectivity index is 4.23. The summed E-state index contributed by atoms with van der Waals surface area (Å²) in [6.45, 7) is 3.65. The van der Waals surface area contributed by atoms with Crippen LogP contribution in [0.3, 0.4) is 0 Å². The molecule has 0 radical (unpaired) electrons. The van der Waals surface area contributed by atoms with Crippen molar-refractivity contribution in [3.63, 3.8) is 0 Å². The van der Waals surface area contributed by atoms with E-state index in [1.54, 1.807) is 13.8 Å². The summed E-state index contributed by atoms with van der Waals surface area (Å²) in [6, 6.07) is 0. The van der Waals surface area contributed by atoms with Gasteiger partial charge in [0.15, 0.2) is 0 Å². The van der Waals surface area contributed by atoms with Gasteiger partial charge in [-0.3, -0.25) is 4.57 Å². The lowest BCUT2D eigenvalue weighted by molar-refractivity contribution is -0.152. The Bertz CT molecular complexity index is 403. The third-order valence-corrected chi connectivity index (χ3v) is 4.87. The predicted octanol–water partition coefficient (Wildman–Crippen LogP) is 1.74. The average molecular weight is 370 g/mol. The van der Waals surface area contributed by atoms with E-state index >= 15 is 0 Å². The summed E-state index contributed by atoms with van der Waals surface area (Å²) in [4.78, 5) is 23.1. The van der Waals surface area contributed by atoms with Crippen LogP contribution in [0.4, 0.5) is 0 Å². The van der Waals surface area contributed by atoms with Crippen molar-refractivity contribution in [2.24, 2.45) is 0 Å². The highest BCUT2D eigenvalue weighted by Crippen LogP contribution is 2.53. The van der Waals surface area contributed by atoms with E-state index in [0.29, 0.717) is 12.8 Å². The molecule has 0 rings (SSSR count). The summed E-state index contributed by atoms with van der Waals surface area (Å²) in [5.41, 5.74) is 0. The summed E-state index contributed by atoms with van der Waals surface area (Å²) in [6.07, 6.45) is 0.977. The highest BCUT2D eigenvalue weighted by Gasteiger charge is 2.42. The van der Waals surface area contributed by atoms with Gasteiger partial charge in [0.25, 0.3) is 5.85 Å². The molecule has 0 N–H and O–H groups in total. The number of carbonyl (C=O) groups is 2. The first-order chi connectivity index (χ1) is 11.4. The molecule has 1 atom stereocenters. The standard InChI is InChI=1S/C14H27O9P/c1-5-22-24(17,23-6-2)14(19-4)13(16)21-10-8-7-9-20-12(15)11-18-3/h14H,5-11H2,1-4H3. The number of unbranched alkanes of at least 4 members (excludes halogenated alkanes) is 1. The van der Waals surface area contributed by atoms with Crippen molar-refractivity contribution in [2.45, 2.75) is 32.5 Å². The van der Waals surface area contributed by atoms with Crippen LogP contribution in [0.25, 0.3) is 0 Å². The number of hydrogen-bond donors (Lipinski definition) is 0. The molecule has 24 heavy (non-hydrogen) atoms. The largest absolute Gasteiger partial charge is 0.464 e. The first-order valence-electron chi connectivity index (χ1n) is 7.67. The van der Waals surface area contributed by atoms with Crippen LogP contribution in [0, 0.1) is 0 Å². The van der Waals surface area contributed by atoms with Crippen LogP contribution in [0.5, 0.6) is 0 Å². The smallest absolute Gasteiger partial charge is 0.370 e. The molecule has 0 heterocycles. The number of esters is 2. The van der Waals surface area contributed by atoms with Gasteiger partial charge in [-0.05, 0) is 26.7 Å². The molecule has 0 aromatic heterocycles. The lowest BCUT2D eigenvalue weighted by atomic mass is 10.3. The Morgan fingerprint density at radius 1 is 0.958 bits per heavy atom. The van der Waals surface area contributed by atoms with E-state index in [1.807, 2.05) is 0 Å². The summed E-state index contributed by atoms with van der Waals surface area (Å²) >= 11 is 0. The third-order valence-electron chi connectivity index (χ3n) is 2.64. The lowest BCUT2D eigenvalue weighted by Gasteiger charge is -2.23. The zero-order chi connectivity index (χ0) is 18.4. The van der Waals surface area contributed by atoms with Crippen molar-refractivity contribution in [1.29, 1.82) is 0 Å². The van der Waals surface area contributed by atoms with Gasteiger partial charge in [0.05, 0.1) is 26.4 Å². The van der Waals surface area contributed by atoms with Crippen LogP contribution >= 0.6 is 7.60 Å². The molecule has 1 unspecified atom stereocenters. The van der Waals surface area contributed by atoms with Crippen molar-refractivity contribution >= 4 is 19.5 Å².